The second-order valence-corrected chi connectivity index (χ2v) is 16.0. The summed E-state index contributed by atoms with van der Waals surface area (Å²) in [6.45, 7) is 9.13. The van der Waals surface area contributed by atoms with E-state index in [0.717, 1.165) is 25.7 Å². The van der Waals surface area contributed by atoms with Gasteiger partial charge in [0.2, 0.25) is 0 Å². The number of ether oxygens (including phenoxy) is 1. The van der Waals surface area contributed by atoms with Crippen LogP contribution in [-0.4, -0.2) is 5.97 Å². The first-order valence-corrected chi connectivity index (χ1v) is 23.6. The first-order chi connectivity index (χ1) is 25.7. The largest absolute Gasteiger partial charge is 0.434 e. The third-order valence-electron chi connectivity index (χ3n) is 10.7. The average molecular weight is 725 g/mol. The van der Waals surface area contributed by atoms with Gasteiger partial charge in [0.15, 0.2) is 0 Å². The van der Waals surface area contributed by atoms with Crippen molar-refractivity contribution in [2.24, 2.45) is 5.41 Å². The lowest BCUT2D eigenvalue weighted by molar-refractivity contribution is -0.142. The van der Waals surface area contributed by atoms with Crippen molar-refractivity contribution in [2.45, 2.75) is 259 Å². The van der Waals surface area contributed by atoms with Crippen molar-refractivity contribution in [2.75, 3.05) is 0 Å². The zero-order valence-corrected chi connectivity index (χ0v) is 35.9. The molecule has 0 aliphatic heterocycles. The number of hydrogen-bond donors (Lipinski definition) is 0. The van der Waals surface area contributed by atoms with E-state index in [1.807, 2.05) is 0 Å². The molecule has 0 amide bonds. The number of carbonyl (C=O) groups excluding carboxylic acids is 1. The molecule has 0 aliphatic rings. The van der Waals surface area contributed by atoms with Crippen LogP contribution in [-0.2, 0) is 9.53 Å². The molecular formula is C50H92O2. The van der Waals surface area contributed by atoms with Crippen molar-refractivity contribution < 1.29 is 9.53 Å². The molecule has 0 N–H and O–H groups in total. The molecule has 0 radical (unpaired) electrons. The first-order valence-electron chi connectivity index (χ1n) is 23.6. The van der Waals surface area contributed by atoms with Crippen LogP contribution in [0.15, 0.2) is 48.8 Å². The highest BCUT2D eigenvalue weighted by atomic mass is 16.5. The lowest BCUT2D eigenvalue weighted by Gasteiger charge is -2.21. The number of carbonyl (C=O) groups is 1. The maximum atomic E-state index is 14.0. The van der Waals surface area contributed by atoms with Crippen LogP contribution in [0.4, 0.5) is 0 Å². The van der Waals surface area contributed by atoms with Crippen LogP contribution in [0.25, 0.3) is 0 Å². The number of esters is 1. The van der Waals surface area contributed by atoms with Crippen molar-refractivity contribution >= 4 is 5.97 Å². The Morgan fingerprint density at radius 3 is 0.846 bits per heavy atom. The monoisotopic (exact) mass is 725 g/mol. The number of allylic oxidation sites excluding steroid dienone is 4. The summed E-state index contributed by atoms with van der Waals surface area (Å²) < 4.78 is 5.93. The Labute approximate surface area is 327 Å². The van der Waals surface area contributed by atoms with E-state index in [4.69, 9.17) is 4.74 Å². The summed E-state index contributed by atoms with van der Waals surface area (Å²) in [6.07, 6.45) is 63.4. The van der Waals surface area contributed by atoms with Crippen molar-refractivity contribution in [1.29, 1.82) is 0 Å². The van der Waals surface area contributed by atoms with Crippen LogP contribution >= 0.6 is 0 Å². The zero-order chi connectivity index (χ0) is 37.9. The SMILES string of the molecule is CCCCCCCCCCC=COC(=O)C(C=CCCCCCCCCCC)(C=CCCCCCCCCCC)C=CCCCCCCCCCC. The average Bonchev–Trinajstić information content (AvgIpc) is 3.15. The molecule has 0 atom stereocenters. The maximum absolute atomic E-state index is 14.0. The number of hydrogen-bond acceptors (Lipinski definition) is 2. The second-order valence-electron chi connectivity index (χ2n) is 16.0. The van der Waals surface area contributed by atoms with E-state index in [0.29, 0.717) is 0 Å². The van der Waals surface area contributed by atoms with E-state index in [-0.39, 0.29) is 5.97 Å². The molecule has 0 bridgehead atoms. The molecule has 304 valence electrons. The second kappa shape index (κ2) is 42.2. The van der Waals surface area contributed by atoms with Crippen LogP contribution in [0.5, 0.6) is 0 Å². The molecule has 0 aromatic rings. The van der Waals surface area contributed by atoms with Gasteiger partial charge in [-0.25, -0.2) is 0 Å². The maximum Gasteiger partial charge on any atom is 0.328 e. The first kappa shape index (κ1) is 50.4. The molecule has 0 spiro atoms. The van der Waals surface area contributed by atoms with Gasteiger partial charge in [0.1, 0.15) is 5.41 Å². The van der Waals surface area contributed by atoms with E-state index in [1.54, 1.807) is 6.26 Å². The van der Waals surface area contributed by atoms with Gasteiger partial charge in [0.05, 0.1) is 6.26 Å². The van der Waals surface area contributed by atoms with Gasteiger partial charge in [0.25, 0.3) is 0 Å². The fraction of sp³-hybridized carbons (Fsp3) is 0.820. The molecule has 0 unspecified atom stereocenters. The molecule has 0 fully saturated rings. The normalized spacial score (nSPS) is 13.4. The Morgan fingerprint density at radius 1 is 0.346 bits per heavy atom. The smallest absolute Gasteiger partial charge is 0.328 e. The number of rotatable bonds is 41. The van der Waals surface area contributed by atoms with Gasteiger partial charge in [-0.3, -0.25) is 4.79 Å². The van der Waals surface area contributed by atoms with E-state index in [2.05, 4.69) is 70.2 Å². The summed E-state index contributed by atoms with van der Waals surface area (Å²) in [6, 6.07) is 0. The quantitative estimate of drug-likeness (QED) is 0.0272. The minimum atomic E-state index is -0.830. The van der Waals surface area contributed by atoms with E-state index >= 15 is 0 Å². The summed E-state index contributed by atoms with van der Waals surface area (Å²) >= 11 is 0. The Morgan fingerprint density at radius 2 is 0.577 bits per heavy atom. The number of unbranched alkanes of at least 4 members (excludes halogenated alkanes) is 32. The fourth-order valence-corrected chi connectivity index (χ4v) is 7.07. The van der Waals surface area contributed by atoms with Crippen molar-refractivity contribution in [3.05, 3.63) is 48.8 Å². The minimum absolute atomic E-state index is 0.161. The van der Waals surface area contributed by atoms with Gasteiger partial charge in [-0.2, -0.15) is 0 Å². The topological polar surface area (TPSA) is 26.3 Å². The third-order valence-corrected chi connectivity index (χ3v) is 10.7. The van der Waals surface area contributed by atoms with Crippen molar-refractivity contribution in [3.63, 3.8) is 0 Å². The molecular weight excluding hydrogens is 633 g/mol. The standard InChI is InChI=1S/C50H92O2/c1-5-9-13-17-21-25-29-33-37-41-45-50(46-42-38-34-30-26-22-18-14-10-6-2,47-43-39-35-31-27-23-19-15-11-7-3)49(51)52-48-44-40-36-32-28-24-20-16-12-8-4/h41-48H,5-40H2,1-4H3. The predicted octanol–water partition coefficient (Wildman–Crippen LogP) is 17.8. The molecule has 0 heterocycles. The summed E-state index contributed by atoms with van der Waals surface area (Å²) in [5, 5.41) is 0. The molecule has 0 aromatic heterocycles. The Hall–Kier alpha value is -1.57. The minimum Gasteiger partial charge on any atom is -0.434 e. The lowest BCUT2D eigenvalue weighted by atomic mass is 9.85. The highest BCUT2D eigenvalue weighted by Gasteiger charge is 2.31. The van der Waals surface area contributed by atoms with E-state index in [1.165, 1.54) is 205 Å². The van der Waals surface area contributed by atoms with Crippen molar-refractivity contribution in [1.82, 2.24) is 0 Å². The summed E-state index contributed by atoms with van der Waals surface area (Å²) in [4.78, 5) is 14.0. The van der Waals surface area contributed by atoms with Crippen LogP contribution in [0, 0.1) is 5.41 Å². The molecule has 0 saturated heterocycles. The van der Waals surface area contributed by atoms with Crippen LogP contribution < -0.4 is 0 Å². The Bertz CT molecular complexity index is 759. The van der Waals surface area contributed by atoms with Crippen LogP contribution in [0.2, 0.25) is 0 Å². The summed E-state index contributed by atoms with van der Waals surface area (Å²) in [5.74, 6) is -0.161. The molecule has 0 rings (SSSR count). The van der Waals surface area contributed by atoms with Gasteiger partial charge in [-0.15, -0.1) is 0 Å². The molecule has 0 aromatic carbocycles. The third kappa shape index (κ3) is 34.2. The van der Waals surface area contributed by atoms with Gasteiger partial charge >= 0.3 is 5.97 Å². The van der Waals surface area contributed by atoms with E-state index < -0.39 is 5.41 Å². The van der Waals surface area contributed by atoms with E-state index in [9.17, 15) is 4.79 Å². The molecule has 0 aliphatic carbocycles. The zero-order valence-electron chi connectivity index (χ0n) is 35.9. The molecule has 2 heteroatoms. The highest BCUT2D eigenvalue weighted by molar-refractivity contribution is 5.84. The van der Waals surface area contributed by atoms with Crippen LogP contribution in [0.3, 0.4) is 0 Å². The summed E-state index contributed by atoms with van der Waals surface area (Å²) in [7, 11) is 0. The highest BCUT2D eigenvalue weighted by Crippen LogP contribution is 2.28. The molecule has 52 heavy (non-hydrogen) atoms. The summed E-state index contributed by atoms with van der Waals surface area (Å²) in [5.41, 5.74) is -0.830. The Kier molecular flexibility index (Phi) is 40.9. The molecule has 0 saturated carbocycles. The predicted molar refractivity (Wildman–Crippen MR) is 234 cm³/mol. The van der Waals surface area contributed by atoms with Crippen LogP contribution in [0.1, 0.15) is 259 Å². The van der Waals surface area contributed by atoms with Gasteiger partial charge in [-0.1, -0.05) is 244 Å². The van der Waals surface area contributed by atoms with Crippen molar-refractivity contribution in [3.8, 4) is 0 Å². The Balaban J connectivity index is 5.40. The molecule has 2 nitrogen and oxygen atoms in total. The van der Waals surface area contributed by atoms with Gasteiger partial charge < -0.3 is 4.74 Å². The van der Waals surface area contributed by atoms with Gasteiger partial charge in [-0.05, 0) is 57.4 Å². The fourth-order valence-electron chi connectivity index (χ4n) is 7.07. The van der Waals surface area contributed by atoms with Gasteiger partial charge in [0, 0.05) is 0 Å². The lowest BCUT2D eigenvalue weighted by Crippen LogP contribution is -2.26.